The summed E-state index contributed by atoms with van der Waals surface area (Å²) in [6, 6.07) is 1.59. The van der Waals surface area contributed by atoms with Crippen LogP contribution in [-0.4, -0.2) is 37.6 Å². The van der Waals surface area contributed by atoms with E-state index in [1.54, 1.807) is 13.1 Å². The molecule has 0 saturated heterocycles. The first-order valence-electron chi connectivity index (χ1n) is 6.05. The predicted molar refractivity (Wildman–Crippen MR) is 74.8 cm³/mol. The van der Waals surface area contributed by atoms with Gasteiger partial charge in [-0.1, -0.05) is 23.6 Å². The molecule has 20 heavy (non-hydrogen) atoms. The molecule has 9 heteroatoms. The third-order valence-electron chi connectivity index (χ3n) is 2.39. The minimum absolute atomic E-state index is 0.119. The van der Waals surface area contributed by atoms with E-state index in [0.717, 1.165) is 13.0 Å². The molecule has 0 fully saturated rings. The Kier molecular flexibility index (Phi) is 4.46. The van der Waals surface area contributed by atoms with Crippen LogP contribution >= 0.6 is 11.6 Å². The van der Waals surface area contributed by atoms with Crippen LogP contribution in [0.5, 0.6) is 0 Å². The van der Waals surface area contributed by atoms with Crippen molar-refractivity contribution in [1.82, 2.24) is 25.2 Å². The highest BCUT2D eigenvalue weighted by atomic mass is 35.5. The number of anilines is 2. The predicted octanol–water partition coefficient (Wildman–Crippen LogP) is 1.33. The Labute approximate surface area is 120 Å². The first-order chi connectivity index (χ1) is 9.60. The normalized spacial score (nSPS) is 10.3. The summed E-state index contributed by atoms with van der Waals surface area (Å²) in [7, 11) is 1.61. The van der Waals surface area contributed by atoms with E-state index >= 15 is 0 Å². The Bertz CT molecular complexity index is 613. The van der Waals surface area contributed by atoms with Gasteiger partial charge < -0.3 is 5.32 Å². The average molecular weight is 296 g/mol. The van der Waals surface area contributed by atoms with E-state index in [1.165, 1.54) is 11.0 Å². The van der Waals surface area contributed by atoms with Crippen LogP contribution in [0.4, 0.5) is 11.8 Å². The minimum Gasteiger partial charge on any atom is -0.370 e. The van der Waals surface area contributed by atoms with Gasteiger partial charge in [0, 0.05) is 12.7 Å². The van der Waals surface area contributed by atoms with Crippen molar-refractivity contribution >= 4 is 29.3 Å². The van der Waals surface area contributed by atoms with Crippen molar-refractivity contribution in [3.05, 3.63) is 22.8 Å². The smallest absolute Gasteiger partial charge is 0.270 e. The van der Waals surface area contributed by atoms with Crippen molar-refractivity contribution in [1.29, 1.82) is 0 Å². The number of carbonyl (C=O) groups is 1. The summed E-state index contributed by atoms with van der Waals surface area (Å²) in [5.41, 5.74) is 0.299. The standard InChI is InChI=1S/C11H14ClN7O/c1-3-4-13-9-5-7(8(12)6-14-9)10(20)15-11-16-18-19(2)17-11/h5-6H,3-4H2,1-2H3,(H,13,14)(H,15,17,20). The molecule has 1 amide bonds. The van der Waals surface area contributed by atoms with Crippen molar-refractivity contribution < 1.29 is 4.79 Å². The Hall–Kier alpha value is -2.22. The topological polar surface area (TPSA) is 97.6 Å². The number of carbonyl (C=O) groups excluding carboxylic acids is 1. The fourth-order valence-corrected chi connectivity index (χ4v) is 1.65. The maximum atomic E-state index is 12.1. The summed E-state index contributed by atoms with van der Waals surface area (Å²) in [6.07, 6.45) is 2.38. The quantitative estimate of drug-likeness (QED) is 0.863. The lowest BCUT2D eigenvalue weighted by molar-refractivity contribution is 0.102. The molecule has 0 saturated carbocycles. The van der Waals surface area contributed by atoms with Gasteiger partial charge in [-0.15, -0.1) is 5.10 Å². The van der Waals surface area contributed by atoms with Gasteiger partial charge in [0.2, 0.25) is 0 Å². The molecule has 106 valence electrons. The number of aryl methyl sites for hydroxylation is 1. The van der Waals surface area contributed by atoms with Gasteiger partial charge in [0.05, 0.1) is 17.6 Å². The molecule has 0 aliphatic rings. The lowest BCUT2D eigenvalue weighted by atomic mass is 10.2. The largest absolute Gasteiger partial charge is 0.370 e. The monoisotopic (exact) mass is 295 g/mol. The number of pyridine rings is 1. The van der Waals surface area contributed by atoms with Crippen LogP contribution in [0.25, 0.3) is 0 Å². The summed E-state index contributed by atoms with van der Waals surface area (Å²) in [5, 5.41) is 17.0. The maximum Gasteiger partial charge on any atom is 0.270 e. The number of nitrogens with zero attached hydrogens (tertiary/aromatic N) is 5. The molecule has 0 atom stereocenters. The molecule has 0 aliphatic carbocycles. The molecule has 0 bridgehead atoms. The van der Waals surface area contributed by atoms with Crippen molar-refractivity contribution in [2.75, 3.05) is 17.2 Å². The summed E-state index contributed by atoms with van der Waals surface area (Å²) in [6.45, 7) is 2.80. The second-order valence-electron chi connectivity index (χ2n) is 4.03. The lowest BCUT2D eigenvalue weighted by Crippen LogP contribution is -2.15. The number of hydrogen-bond donors (Lipinski definition) is 2. The number of rotatable bonds is 5. The first kappa shape index (κ1) is 14.2. The Balaban J connectivity index is 2.15. The number of tetrazole rings is 1. The van der Waals surface area contributed by atoms with Crippen LogP contribution < -0.4 is 10.6 Å². The average Bonchev–Trinajstić information content (AvgIpc) is 2.83. The highest BCUT2D eigenvalue weighted by molar-refractivity contribution is 6.34. The maximum absolute atomic E-state index is 12.1. The second kappa shape index (κ2) is 6.29. The van der Waals surface area contributed by atoms with Crippen LogP contribution in [0, 0.1) is 0 Å². The Morgan fingerprint density at radius 3 is 2.95 bits per heavy atom. The second-order valence-corrected chi connectivity index (χ2v) is 4.44. The van der Waals surface area contributed by atoms with Crippen molar-refractivity contribution in [3.8, 4) is 0 Å². The number of nitrogens with one attached hydrogen (secondary N) is 2. The van der Waals surface area contributed by atoms with Crippen molar-refractivity contribution in [2.24, 2.45) is 7.05 Å². The zero-order chi connectivity index (χ0) is 14.5. The highest BCUT2D eigenvalue weighted by Crippen LogP contribution is 2.19. The van der Waals surface area contributed by atoms with Gasteiger partial charge in [0.1, 0.15) is 5.82 Å². The zero-order valence-corrected chi connectivity index (χ0v) is 11.8. The molecule has 2 rings (SSSR count). The number of aromatic nitrogens is 5. The minimum atomic E-state index is -0.412. The molecule has 2 heterocycles. The molecule has 0 radical (unpaired) electrons. The van der Waals surface area contributed by atoms with Crippen LogP contribution in [0.3, 0.4) is 0 Å². The number of hydrogen-bond acceptors (Lipinski definition) is 6. The molecule has 0 unspecified atom stereocenters. The van der Waals surface area contributed by atoms with Gasteiger partial charge in [-0.05, 0) is 17.7 Å². The van der Waals surface area contributed by atoms with E-state index in [0.29, 0.717) is 11.4 Å². The molecule has 2 aromatic rings. The fourth-order valence-electron chi connectivity index (χ4n) is 1.47. The zero-order valence-electron chi connectivity index (χ0n) is 11.1. The Morgan fingerprint density at radius 1 is 1.50 bits per heavy atom. The van der Waals surface area contributed by atoms with E-state index in [1.807, 2.05) is 6.92 Å². The van der Waals surface area contributed by atoms with E-state index in [2.05, 4.69) is 31.0 Å². The van der Waals surface area contributed by atoms with E-state index in [9.17, 15) is 4.79 Å². The van der Waals surface area contributed by atoms with Gasteiger partial charge in [-0.25, -0.2) is 4.98 Å². The SMILES string of the molecule is CCCNc1cc(C(=O)Nc2nnn(C)n2)c(Cl)cn1. The van der Waals surface area contributed by atoms with Gasteiger partial charge in [0.15, 0.2) is 0 Å². The number of halogens is 1. The van der Waals surface area contributed by atoms with Gasteiger partial charge in [0.25, 0.3) is 11.9 Å². The summed E-state index contributed by atoms with van der Waals surface area (Å²) >= 11 is 5.98. The van der Waals surface area contributed by atoms with E-state index in [4.69, 9.17) is 11.6 Å². The van der Waals surface area contributed by atoms with E-state index < -0.39 is 5.91 Å². The lowest BCUT2D eigenvalue weighted by Gasteiger charge is -2.07. The molecule has 0 spiro atoms. The Morgan fingerprint density at radius 2 is 2.30 bits per heavy atom. The van der Waals surface area contributed by atoms with Crippen LogP contribution in [0.1, 0.15) is 23.7 Å². The van der Waals surface area contributed by atoms with Gasteiger partial charge >= 0.3 is 0 Å². The third kappa shape index (κ3) is 3.41. The molecule has 2 aromatic heterocycles. The van der Waals surface area contributed by atoms with Crippen molar-refractivity contribution in [3.63, 3.8) is 0 Å². The fraction of sp³-hybridized carbons (Fsp3) is 0.364. The van der Waals surface area contributed by atoms with Crippen LogP contribution in [0.15, 0.2) is 12.3 Å². The molecule has 8 nitrogen and oxygen atoms in total. The third-order valence-corrected chi connectivity index (χ3v) is 2.69. The summed E-state index contributed by atoms with van der Waals surface area (Å²) in [4.78, 5) is 17.4. The van der Waals surface area contributed by atoms with Crippen LogP contribution in [-0.2, 0) is 7.05 Å². The van der Waals surface area contributed by atoms with Gasteiger partial charge in [-0.2, -0.15) is 4.80 Å². The summed E-state index contributed by atoms with van der Waals surface area (Å²) in [5.74, 6) is 0.298. The molecule has 0 aliphatic heterocycles. The molecular weight excluding hydrogens is 282 g/mol. The van der Waals surface area contributed by atoms with Crippen molar-refractivity contribution in [2.45, 2.75) is 13.3 Å². The van der Waals surface area contributed by atoms with Crippen LogP contribution in [0.2, 0.25) is 5.02 Å². The van der Waals surface area contributed by atoms with E-state index in [-0.39, 0.29) is 11.0 Å². The number of amides is 1. The summed E-state index contributed by atoms with van der Waals surface area (Å²) < 4.78 is 0. The molecule has 2 N–H and O–H groups in total. The highest BCUT2D eigenvalue weighted by Gasteiger charge is 2.14. The first-order valence-corrected chi connectivity index (χ1v) is 6.42. The molecular formula is C11H14ClN7O. The molecule has 0 aromatic carbocycles. The van der Waals surface area contributed by atoms with Gasteiger partial charge in [-0.3, -0.25) is 10.1 Å².